The highest BCUT2D eigenvalue weighted by atomic mass is 79.9. The van der Waals surface area contributed by atoms with Gasteiger partial charge in [0, 0.05) is 35.5 Å². The third-order valence-corrected chi connectivity index (χ3v) is 4.72. The molecule has 8 heteroatoms. The van der Waals surface area contributed by atoms with Crippen molar-refractivity contribution in [1.29, 1.82) is 0 Å². The zero-order valence-corrected chi connectivity index (χ0v) is 15.6. The van der Waals surface area contributed by atoms with Crippen LogP contribution >= 0.6 is 15.9 Å². The summed E-state index contributed by atoms with van der Waals surface area (Å²) in [6.45, 7) is 2.03. The molecule has 1 amide bonds. The quantitative estimate of drug-likeness (QED) is 0.711. The van der Waals surface area contributed by atoms with Crippen LogP contribution in [0.3, 0.4) is 0 Å². The van der Waals surface area contributed by atoms with Crippen LogP contribution in [0, 0.1) is 0 Å². The second kappa shape index (κ2) is 7.25. The molecule has 2 aromatic heterocycles. The van der Waals surface area contributed by atoms with Crippen LogP contribution in [0.1, 0.15) is 23.3 Å². The van der Waals surface area contributed by atoms with Gasteiger partial charge in [-0.15, -0.1) is 0 Å². The largest absolute Gasteiger partial charge is 0.356 e. The molecule has 0 radical (unpaired) electrons. The van der Waals surface area contributed by atoms with Gasteiger partial charge in [-0.1, -0.05) is 22.0 Å². The molecule has 0 atom stereocenters. The number of nitrogens with zero attached hydrogens (tertiary/aromatic N) is 5. The summed E-state index contributed by atoms with van der Waals surface area (Å²) in [6.07, 6.45) is 7.17. The predicted octanol–water partition coefficient (Wildman–Crippen LogP) is 3.28. The number of imidazole rings is 1. The highest BCUT2D eigenvalue weighted by Crippen LogP contribution is 2.20. The summed E-state index contributed by atoms with van der Waals surface area (Å²) in [5, 5.41) is 2.83. The number of rotatable bonds is 4. The first-order chi connectivity index (χ1) is 12.7. The zero-order valence-electron chi connectivity index (χ0n) is 14.0. The molecule has 1 aliphatic heterocycles. The SMILES string of the molecule is O=C(Nc1cccc(Br)c1)c1cn(-c2cc(N3CCCC3)ncn2)cn1. The van der Waals surface area contributed by atoms with Crippen molar-refractivity contribution in [3.05, 3.63) is 59.3 Å². The van der Waals surface area contributed by atoms with Crippen LogP contribution in [0.25, 0.3) is 5.82 Å². The Morgan fingerprint density at radius 1 is 1.08 bits per heavy atom. The summed E-state index contributed by atoms with van der Waals surface area (Å²) in [6, 6.07) is 9.34. The summed E-state index contributed by atoms with van der Waals surface area (Å²) in [5.41, 5.74) is 1.03. The van der Waals surface area contributed by atoms with Crippen LogP contribution in [-0.4, -0.2) is 38.5 Å². The average Bonchev–Trinajstić information content (AvgIpc) is 3.34. The lowest BCUT2D eigenvalue weighted by molar-refractivity contribution is 0.102. The van der Waals surface area contributed by atoms with E-state index in [1.54, 1.807) is 23.4 Å². The van der Waals surface area contributed by atoms with Crippen LogP contribution in [0.5, 0.6) is 0 Å². The second-order valence-corrected chi connectivity index (χ2v) is 6.97. The van der Waals surface area contributed by atoms with Crippen molar-refractivity contribution in [3.8, 4) is 5.82 Å². The molecule has 1 saturated heterocycles. The van der Waals surface area contributed by atoms with E-state index < -0.39 is 0 Å². The van der Waals surface area contributed by atoms with Crippen molar-refractivity contribution in [2.24, 2.45) is 0 Å². The standard InChI is InChI=1S/C18H17BrN6O/c19-13-4-3-5-14(8-13)23-18(26)15-10-25(12-22-15)17-9-16(20-11-21-17)24-6-1-2-7-24/h3-5,8-12H,1-2,6-7H2,(H,23,26). The number of anilines is 2. The third kappa shape index (κ3) is 3.60. The van der Waals surface area contributed by atoms with Gasteiger partial charge in [0.15, 0.2) is 0 Å². The lowest BCUT2D eigenvalue weighted by Gasteiger charge is -2.16. The van der Waals surface area contributed by atoms with Gasteiger partial charge < -0.3 is 10.2 Å². The zero-order chi connectivity index (χ0) is 17.9. The topological polar surface area (TPSA) is 75.9 Å². The lowest BCUT2D eigenvalue weighted by atomic mass is 10.3. The second-order valence-electron chi connectivity index (χ2n) is 6.06. The Hall–Kier alpha value is -2.74. The van der Waals surface area contributed by atoms with E-state index in [1.807, 2.05) is 30.3 Å². The van der Waals surface area contributed by atoms with E-state index in [2.05, 4.69) is 41.1 Å². The van der Waals surface area contributed by atoms with E-state index >= 15 is 0 Å². The maximum Gasteiger partial charge on any atom is 0.275 e. The number of carbonyl (C=O) groups excluding carboxylic acids is 1. The average molecular weight is 413 g/mol. The smallest absolute Gasteiger partial charge is 0.275 e. The van der Waals surface area contributed by atoms with Crippen molar-refractivity contribution in [2.45, 2.75) is 12.8 Å². The van der Waals surface area contributed by atoms with Crippen molar-refractivity contribution < 1.29 is 4.79 Å². The lowest BCUT2D eigenvalue weighted by Crippen LogP contribution is -2.19. The van der Waals surface area contributed by atoms with E-state index in [0.717, 1.165) is 23.4 Å². The van der Waals surface area contributed by atoms with Crippen LogP contribution < -0.4 is 10.2 Å². The summed E-state index contributed by atoms with van der Waals surface area (Å²) in [5.74, 6) is 1.33. The number of carbonyl (C=O) groups is 1. The maximum atomic E-state index is 12.4. The van der Waals surface area contributed by atoms with Gasteiger partial charge in [-0.2, -0.15) is 0 Å². The molecule has 1 aliphatic rings. The van der Waals surface area contributed by atoms with Crippen LogP contribution in [-0.2, 0) is 0 Å². The number of aromatic nitrogens is 4. The molecule has 0 saturated carbocycles. The highest BCUT2D eigenvalue weighted by Gasteiger charge is 2.15. The first-order valence-corrected chi connectivity index (χ1v) is 9.16. The Labute approximate surface area is 159 Å². The number of hydrogen-bond donors (Lipinski definition) is 1. The van der Waals surface area contributed by atoms with E-state index in [1.165, 1.54) is 12.8 Å². The van der Waals surface area contributed by atoms with Gasteiger partial charge in [-0.05, 0) is 31.0 Å². The molecule has 7 nitrogen and oxygen atoms in total. The summed E-state index contributed by atoms with van der Waals surface area (Å²) in [4.78, 5) is 27.5. The number of nitrogens with one attached hydrogen (secondary N) is 1. The van der Waals surface area contributed by atoms with E-state index in [-0.39, 0.29) is 5.91 Å². The first kappa shape index (κ1) is 16.7. The minimum atomic E-state index is -0.268. The maximum absolute atomic E-state index is 12.4. The molecule has 3 aromatic rings. The minimum Gasteiger partial charge on any atom is -0.356 e. The monoisotopic (exact) mass is 412 g/mol. The van der Waals surface area contributed by atoms with Gasteiger partial charge in [0.2, 0.25) is 0 Å². The Morgan fingerprint density at radius 3 is 2.69 bits per heavy atom. The van der Waals surface area contributed by atoms with Gasteiger partial charge in [0.25, 0.3) is 5.91 Å². The molecule has 0 unspecified atom stereocenters. The number of hydrogen-bond acceptors (Lipinski definition) is 5. The van der Waals surface area contributed by atoms with E-state index in [4.69, 9.17) is 0 Å². The van der Waals surface area contributed by atoms with Crippen LogP contribution in [0.15, 0.2) is 53.7 Å². The van der Waals surface area contributed by atoms with Crippen molar-refractivity contribution in [3.63, 3.8) is 0 Å². The fourth-order valence-electron chi connectivity index (χ4n) is 2.92. The molecule has 4 rings (SSSR count). The molecule has 0 spiro atoms. The normalized spacial score (nSPS) is 13.8. The summed E-state index contributed by atoms with van der Waals surface area (Å²) in [7, 11) is 0. The van der Waals surface area contributed by atoms with E-state index in [9.17, 15) is 4.79 Å². The number of benzene rings is 1. The van der Waals surface area contributed by atoms with Gasteiger partial charge in [-0.3, -0.25) is 9.36 Å². The van der Waals surface area contributed by atoms with E-state index in [0.29, 0.717) is 17.2 Å². The van der Waals surface area contributed by atoms with Crippen molar-refractivity contribution >= 4 is 33.3 Å². The van der Waals surface area contributed by atoms with Gasteiger partial charge in [0.05, 0.1) is 0 Å². The number of halogens is 1. The molecule has 1 N–H and O–H groups in total. The molecule has 3 heterocycles. The molecule has 0 bridgehead atoms. The Balaban J connectivity index is 1.52. The number of amides is 1. The predicted molar refractivity (Wildman–Crippen MR) is 103 cm³/mol. The van der Waals surface area contributed by atoms with Crippen LogP contribution in [0.2, 0.25) is 0 Å². The Bertz CT molecular complexity index is 935. The highest BCUT2D eigenvalue weighted by molar-refractivity contribution is 9.10. The summed E-state index contributed by atoms with van der Waals surface area (Å²) >= 11 is 3.39. The van der Waals surface area contributed by atoms with Gasteiger partial charge >= 0.3 is 0 Å². The first-order valence-electron chi connectivity index (χ1n) is 8.37. The van der Waals surface area contributed by atoms with Gasteiger partial charge in [-0.25, -0.2) is 15.0 Å². The molecule has 26 heavy (non-hydrogen) atoms. The Morgan fingerprint density at radius 2 is 1.88 bits per heavy atom. The fraction of sp³-hybridized carbons (Fsp3) is 0.222. The summed E-state index contributed by atoms with van der Waals surface area (Å²) < 4.78 is 2.63. The molecule has 1 fully saturated rings. The molecule has 1 aromatic carbocycles. The third-order valence-electron chi connectivity index (χ3n) is 4.23. The molecule has 132 valence electrons. The van der Waals surface area contributed by atoms with Crippen molar-refractivity contribution in [2.75, 3.05) is 23.3 Å². The van der Waals surface area contributed by atoms with Gasteiger partial charge in [0.1, 0.15) is 30.0 Å². The molecular weight excluding hydrogens is 396 g/mol. The van der Waals surface area contributed by atoms with Crippen molar-refractivity contribution in [1.82, 2.24) is 19.5 Å². The molecular formula is C18H17BrN6O. The Kier molecular flexibility index (Phi) is 4.66. The van der Waals surface area contributed by atoms with Crippen LogP contribution in [0.4, 0.5) is 11.5 Å². The fourth-order valence-corrected chi connectivity index (χ4v) is 3.32. The molecule has 0 aliphatic carbocycles. The minimum absolute atomic E-state index is 0.268.